The minimum atomic E-state index is -1.18. The number of nitrogens with one attached hydrogen (secondary N) is 1. The van der Waals surface area contributed by atoms with Crippen LogP contribution < -0.4 is 11.1 Å². The van der Waals surface area contributed by atoms with Gasteiger partial charge in [0.2, 0.25) is 0 Å². The highest BCUT2D eigenvalue weighted by Gasteiger charge is 2.21. The molecular weight excluding hydrogens is 373 g/mol. The van der Waals surface area contributed by atoms with Crippen molar-refractivity contribution in [1.29, 1.82) is 0 Å². The molecule has 0 aliphatic carbocycles. The second-order valence-corrected chi connectivity index (χ2v) is 5.29. The number of nitrogen functional groups attached to an aromatic ring is 1. The van der Waals surface area contributed by atoms with Crippen molar-refractivity contribution < 1.29 is 18.0 Å². The molecule has 2 aromatic rings. The van der Waals surface area contributed by atoms with Crippen molar-refractivity contribution in [3.05, 3.63) is 56.8 Å². The molecule has 0 saturated carbocycles. The highest BCUT2D eigenvalue weighted by atomic mass is 79.9. The van der Waals surface area contributed by atoms with E-state index >= 15 is 0 Å². The molecule has 21 heavy (non-hydrogen) atoms. The van der Waals surface area contributed by atoms with E-state index in [0.717, 1.165) is 24.3 Å². The summed E-state index contributed by atoms with van der Waals surface area (Å²) < 4.78 is 40.6. The second-order valence-electron chi connectivity index (χ2n) is 4.02. The van der Waals surface area contributed by atoms with E-state index in [0.29, 0.717) is 0 Å². The summed E-state index contributed by atoms with van der Waals surface area (Å²) in [5.41, 5.74) is 4.07. The van der Waals surface area contributed by atoms with E-state index in [2.05, 4.69) is 21.2 Å². The average Bonchev–Trinajstić information content (AvgIpc) is 2.38. The van der Waals surface area contributed by atoms with Crippen molar-refractivity contribution in [2.24, 2.45) is 0 Å². The van der Waals surface area contributed by atoms with Crippen LogP contribution >= 0.6 is 27.5 Å². The number of rotatable bonds is 2. The number of nitrogens with two attached hydrogens (primary N) is 1. The first-order chi connectivity index (χ1) is 9.81. The molecule has 0 heterocycles. The first-order valence-corrected chi connectivity index (χ1v) is 6.67. The van der Waals surface area contributed by atoms with Gasteiger partial charge in [-0.3, -0.25) is 4.79 Å². The normalized spacial score (nSPS) is 10.5. The van der Waals surface area contributed by atoms with Crippen molar-refractivity contribution >= 4 is 44.8 Å². The molecule has 0 aliphatic rings. The van der Waals surface area contributed by atoms with Crippen LogP contribution in [-0.4, -0.2) is 5.91 Å². The third kappa shape index (κ3) is 3.14. The molecule has 0 radical (unpaired) electrons. The number of carbonyl (C=O) groups is 1. The van der Waals surface area contributed by atoms with Crippen molar-refractivity contribution in [2.45, 2.75) is 0 Å². The summed E-state index contributed by atoms with van der Waals surface area (Å²) in [4.78, 5) is 12.0. The van der Waals surface area contributed by atoms with E-state index in [4.69, 9.17) is 17.3 Å². The lowest BCUT2D eigenvalue weighted by Crippen LogP contribution is -2.17. The predicted octanol–water partition coefficient (Wildman–Crippen LogP) is 4.35. The average molecular weight is 380 g/mol. The van der Waals surface area contributed by atoms with Gasteiger partial charge in [-0.05, 0) is 40.2 Å². The fourth-order valence-electron chi connectivity index (χ4n) is 1.61. The molecule has 1 amide bonds. The van der Waals surface area contributed by atoms with Gasteiger partial charge in [-0.25, -0.2) is 13.2 Å². The van der Waals surface area contributed by atoms with Crippen molar-refractivity contribution in [2.75, 3.05) is 11.1 Å². The maximum atomic E-state index is 13.8. The molecular formula is C13H7BrClF3N2O. The van der Waals surface area contributed by atoms with Crippen LogP contribution in [0.2, 0.25) is 5.02 Å². The zero-order chi connectivity index (χ0) is 15.7. The number of carbonyl (C=O) groups excluding carboxylic acids is 1. The van der Waals surface area contributed by atoms with Crippen molar-refractivity contribution in [3.63, 3.8) is 0 Å². The summed E-state index contributed by atoms with van der Waals surface area (Å²) in [5.74, 6) is -3.98. The van der Waals surface area contributed by atoms with Gasteiger partial charge in [0.25, 0.3) is 5.91 Å². The predicted molar refractivity (Wildman–Crippen MR) is 77.8 cm³/mol. The lowest BCUT2D eigenvalue weighted by molar-refractivity contribution is 0.101. The molecule has 0 atom stereocenters. The number of hydrogen-bond acceptors (Lipinski definition) is 2. The fraction of sp³-hybridized carbons (Fsp3) is 0. The summed E-state index contributed by atoms with van der Waals surface area (Å²) in [5, 5.41) is 2.09. The molecule has 0 fully saturated rings. The molecule has 110 valence electrons. The van der Waals surface area contributed by atoms with Crippen molar-refractivity contribution in [1.82, 2.24) is 0 Å². The summed E-state index contributed by atoms with van der Waals surface area (Å²) in [7, 11) is 0. The minimum Gasteiger partial charge on any atom is -0.396 e. The van der Waals surface area contributed by atoms with Gasteiger partial charge in [-0.15, -0.1) is 0 Å². The van der Waals surface area contributed by atoms with Gasteiger partial charge in [0.05, 0.1) is 16.4 Å². The van der Waals surface area contributed by atoms with Crippen LogP contribution in [0.1, 0.15) is 10.4 Å². The SMILES string of the molecule is Nc1ccc(F)c(C(=O)Nc2c(Cl)cc(F)cc2Br)c1F. The Hall–Kier alpha value is -1.73. The molecule has 0 saturated heterocycles. The third-order valence-electron chi connectivity index (χ3n) is 2.59. The Morgan fingerprint density at radius 2 is 1.90 bits per heavy atom. The van der Waals surface area contributed by atoms with E-state index < -0.39 is 28.9 Å². The van der Waals surface area contributed by atoms with E-state index in [9.17, 15) is 18.0 Å². The molecule has 2 aromatic carbocycles. The van der Waals surface area contributed by atoms with Gasteiger partial charge in [0.1, 0.15) is 17.2 Å². The van der Waals surface area contributed by atoms with Crippen LogP contribution in [0.5, 0.6) is 0 Å². The van der Waals surface area contributed by atoms with Gasteiger partial charge in [-0.1, -0.05) is 11.6 Å². The standard InChI is InChI=1S/C13H7BrClF3N2O/c14-6-3-5(16)4-7(15)12(6)20-13(21)10-8(17)1-2-9(19)11(10)18/h1-4H,19H2,(H,20,21). The highest BCUT2D eigenvalue weighted by Crippen LogP contribution is 2.32. The van der Waals surface area contributed by atoms with Crippen LogP contribution in [0.3, 0.4) is 0 Å². The minimum absolute atomic E-state index is 0.00992. The van der Waals surface area contributed by atoms with E-state index in [1.807, 2.05) is 0 Å². The molecule has 0 aromatic heterocycles. The van der Waals surface area contributed by atoms with Crippen LogP contribution in [0.25, 0.3) is 0 Å². The third-order valence-corrected chi connectivity index (χ3v) is 3.52. The largest absolute Gasteiger partial charge is 0.396 e. The molecule has 0 spiro atoms. The Morgan fingerprint density at radius 1 is 1.24 bits per heavy atom. The Balaban J connectivity index is 2.42. The Labute approximate surface area is 131 Å². The van der Waals surface area contributed by atoms with Crippen LogP contribution in [0, 0.1) is 17.5 Å². The second kappa shape index (κ2) is 5.95. The van der Waals surface area contributed by atoms with Gasteiger partial charge in [0.15, 0.2) is 5.82 Å². The van der Waals surface area contributed by atoms with Gasteiger partial charge in [0, 0.05) is 4.47 Å². The smallest absolute Gasteiger partial charge is 0.261 e. The zero-order valence-corrected chi connectivity index (χ0v) is 12.5. The Bertz CT molecular complexity index is 717. The molecule has 2 rings (SSSR count). The zero-order valence-electron chi connectivity index (χ0n) is 10.2. The maximum Gasteiger partial charge on any atom is 0.261 e. The molecule has 0 aliphatic heterocycles. The maximum absolute atomic E-state index is 13.8. The number of hydrogen-bond donors (Lipinski definition) is 2. The van der Waals surface area contributed by atoms with Crippen LogP contribution in [0.15, 0.2) is 28.7 Å². The number of benzene rings is 2. The first kappa shape index (κ1) is 15.7. The van der Waals surface area contributed by atoms with E-state index in [-0.39, 0.29) is 20.9 Å². The Morgan fingerprint density at radius 3 is 2.52 bits per heavy atom. The molecule has 0 bridgehead atoms. The number of anilines is 2. The van der Waals surface area contributed by atoms with E-state index in [1.54, 1.807) is 0 Å². The highest BCUT2D eigenvalue weighted by molar-refractivity contribution is 9.10. The number of amides is 1. The van der Waals surface area contributed by atoms with Crippen molar-refractivity contribution in [3.8, 4) is 0 Å². The lowest BCUT2D eigenvalue weighted by atomic mass is 10.1. The molecule has 0 unspecified atom stereocenters. The lowest BCUT2D eigenvalue weighted by Gasteiger charge is -2.11. The summed E-state index contributed by atoms with van der Waals surface area (Å²) >= 11 is 8.78. The van der Waals surface area contributed by atoms with Gasteiger partial charge >= 0.3 is 0 Å². The first-order valence-electron chi connectivity index (χ1n) is 5.50. The van der Waals surface area contributed by atoms with Gasteiger partial charge < -0.3 is 11.1 Å². The topological polar surface area (TPSA) is 55.1 Å². The monoisotopic (exact) mass is 378 g/mol. The Kier molecular flexibility index (Phi) is 4.43. The quantitative estimate of drug-likeness (QED) is 0.762. The summed E-state index contributed by atoms with van der Waals surface area (Å²) in [6.45, 7) is 0. The number of halogens is 5. The molecule has 3 nitrogen and oxygen atoms in total. The van der Waals surface area contributed by atoms with Crippen LogP contribution in [-0.2, 0) is 0 Å². The fourth-order valence-corrected chi connectivity index (χ4v) is 2.51. The van der Waals surface area contributed by atoms with Gasteiger partial charge in [-0.2, -0.15) is 0 Å². The molecule has 3 N–H and O–H groups in total. The van der Waals surface area contributed by atoms with E-state index in [1.165, 1.54) is 0 Å². The summed E-state index contributed by atoms with van der Waals surface area (Å²) in [6.07, 6.45) is 0. The summed E-state index contributed by atoms with van der Waals surface area (Å²) in [6, 6.07) is 3.87. The molecule has 8 heteroatoms. The van der Waals surface area contributed by atoms with Crippen LogP contribution in [0.4, 0.5) is 24.5 Å².